The van der Waals surface area contributed by atoms with E-state index in [4.69, 9.17) is 0 Å². The molecule has 0 amide bonds. The van der Waals surface area contributed by atoms with E-state index in [2.05, 4.69) is 66.9 Å². The van der Waals surface area contributed by atoms with E-state index in [1.54, 1.807) is 0 Å². The lowest BCUT2D eigenvalue weighted by molar-refractivity contribution is 0.968. The Morgan fingerprint density at radius 3 is 2.93 bits per heavy atom. The molecule has 14 heavy (non-hydrogen) atoms. The van der Waals surface area contributed by atoms with Gasteiger partial charge in [-0.2, -0.15) is 12.6 Å². The van der Waals surface area contributed by atoms with Crippen LogP contribution >= 0.6 is 12.6 Å². The first-order valence-electron chi connectivity index (χ1n) is 4.64. The van der Waals surface area contributed by atoms with Crippen LogP contribution in [0.1, 0.15) is 5.56 Å². The van der Waals surface area contributed by atoms with Crippen LogP contribution < -0.4 is 0 Å². The molecule has 72 valence electrons. The topological polar surface area (TPSA) is 4.93 Å². The molecule has 0 aliphatic heterocycles. The first-order valence-corrected chi connectivity index (χ1v) is 5.27. The van der Waals surface area contributed by atoms with Crippen molar-refractivity contribution in [2.45, 2.75) is 0 Å². The molecule has 1 aromatic carbocycles. The van der Waals surface area contributed by atoms with Crippen LogP contribution in [0.2, 0.25) is 0 Å². The van der Waals surface area contributed by atoms with Crippen molar-refractivity contribution in [1.82, 2.24) is 4.57 Å². The van der Waals surface area contributed by atoms with Crippen molar-refractivity contribution in [1.29, 1.82) is 0 Å². The maximum Gasteiger partial charge on any atom is 0.0483 e. The first kappa shape index (κ1) is 9.41. The molecular formula is C12H13NS. The largest absolute Gasteiger partial charge is 0.350 e. The first-order chi connectivity index (χ1) is 6.83. The van der Waals surface area contributed by atoms with E-state index in [-0.39, 0.29) is 0 Å². The van der Waals surface area contributed by atoms with Gasteiger partial charge in [0.15, 0.2) is 0 Å². The lowest BCUT2D eigenvalue weighted by Gasteiger charge is -1.92. The van der Waals surface area contributed by atoms with Gasteiger partial charge in [-0.1, -0.05) is 30.4 Å². The second-order valence-corrected chi connectivity index (χ2v) is 3.66. The third kappa shape index (κ3) is 1.58. The number of fused-ring (bicyclic) bond motifs is 1. The Labute approximate surface area is 89.5 Å². The van der Waals surface area contributed by atoms with Crippen LogP contribution in [0.25, 0.3) is 17.0 Å². The Morgan fingerprint density at radius 2 is 2.14 bits per heavy atom. The van der Waals surface area contributed by atoms with Crippen molar-refractivity contribution < 1.29 is 0 Å². The van der Waals surface area contributed by atoms with Crippen LogP contribution in [0, 0.1) is 0 Å². The van der Waals surface area contributed by atoms with E-state index in [1.165, 1.54) is 16.5 Å². The molecule has 2 aromatic rings. The van der Waals surface area contributed by atoms with Crippen LogP contribution in [0.5, 0.6) is 0 Å². The Balaban J connectivity index is 2.61. The highest BCUT2D eigenvalue weighted by molar-refractivity contribution is 7.80. The van der Waals surface area contributed by atoms with Crippen molar-refractivity contribution in [3.8, 4) is 0 Å². The number of aromatic nitrogens is 1. The number of para-hydroxylation sites is 1. The highest BCUT2D eigenvalue weighted by Gasteiger charge is 2.01. The number of hydrogen-bond acceptors (Lipinski definition) is 1. The lowest BCUT2D eigenvalue weighted by atomic mass is 10.2. The summed E-state index contributed by atoms with van der Waals surface area (Å²) in [6, 6.07) is 8.41. The fourth-order valence-corrected chi connectivity index (χ4v) is 1.79. The van der Waals surface area contributed by atoms with E-state index in [0.29, 0.717) is 0 Å². The van der Waals surface area contributed by atoms with Crippen molar-refractivity contribution >= 4 is 29.6 Å². The number of nitrogens with zero attached hydrogens (tertiary/aromatic N) is 1. The minimum Gasteiger partial charge on any atom is -0.350 e. The highest BCUT2D eigenvalue weighted by Crippen LogP contribution is 2.21. The summed E-state index contributed by atoms with van der Waals surface area (Å²) < 4.78 is 2.15. The van der Waals surface area contributed by atoms with Gasteiger partial charge in [0.2, 0.25) is 0 Å². The summed E-state index contributed by atoms with van der Waals surface area (Å²) in [6.45, 7) is 0. The minimum atomic E-state index is 0.781. The molecule has 0 saturated carbocycles. The Kier molecular flexibility index (Phi) is 2.64. The summed E-state index contributed by atoms with van der Waals surface area (Å²) in [7, 11) is 2.07. The van der Waals surface area contributed by atoms with Crippen LogP contribution in [0.15, 0.2) is 36.5 Å². The zero-order chi connectivity index (χ0) is 9.97. The molecule has 2 rings (SSSR count). The number of rotatable bonds is 2. The Hall–Kier alpha value is -1.15. The highest BCUT2D eigenvalue weighted by atomic mass is 32.1. The van der Waals surface area contributed by atoms with E-state index < -0.39 is 0 Å². The molecule has 0 bridgehead atoms. The van der Waals surface area contributed by atoms with Gasteiger partial charge in [0.1, 0.15) is 0 Å². The van der Waals surface area contributed by atoms with E-state index in [1.807, 2.05) is 0 Å². The van der Waals surface area contributed by atoms with Crippen molar-refractivity contribution in [3.63, 3.8) is 0 Å². The second-order valence-electron chi connectivity index (χ2n) is 3.30. The van der Waals surface area contributed by atoms with Gasteiger partial charge in [0, 0.05) is 29.9 Å². The monoisotopic (exact) mass is 203 g/mol. The molecule has 0 N–H and O–H groups in total. The fourth-order valence-electron chi connectivity index (χ4n) is 1.69. The molecule has 0 fully saturated rings. The summed E-state index contributed by atoms with van der Waals surface area (Å²) in [6.07, 6.45) is 6.32. The zero-order valence-electron chi connectivity index (χ0n) is 8.14. The third-order valence-corrected chi connectivity index (χ3v) is 2.54. The van der Waals surface area contributed by atoms with E-state index >= 15 is 0 Å². The molecule has 0 unspecified atom stereocenters. The van der Waals surface area contributed by atoms with Gasteiger partial charge in [-0.3, -0.25) is 0 Å². The summed E-state index contributed by atoms with van der Waals surface area (Å²) in [5.74, 6) is 0.781. The quantitative estimate of drug-likeness (QED) is 0.716. The van der Waals surface area contributed by atoms with Gasteiger partial charge in [0.25, 0.3) is 0 Å². The van der Waals surface area contributed by atoms with Gasteiger partial charge in [0.05, 0.1) is 0 Å². The second kappa shape index (κ2) is 3.93. The summed E-state index contributed by atoms with van der Waals surface area (Å²) in [5.41, 5.74) is 2.53. The van der Waals surface area contributed by atoms with Crippen LogP contribution in [0.4, 0.5) is 0 Å². The molecule has 0 radical (unpaired) electrons. The zero-order valence-corrected chi connectivity index (χ0v) is 9.04. The van der Waals surface area contributed by atoms with Crippen molar-refractivity contribution in [2.24, 2.45) is 7.05 Å². The van der Waals surface area contributed by atoms with Gasteiger partial charge < -0.3 is 4.57 Å². The van der Waals surface area contributed by atoms with Gasteiger partial charge in [-0.25, -0.2) is 0 Å². The summed E-state index contributed by atoms with van der Waals surface area (Å²) >= 11 is 4.16. The van der Waals surface area contributed by atoms with Gasteiger partial charge in [-0.15, -0.1) is 0 Å². The molecule has 1 heterocycles. The lowest BCUT2D eigenvalue weighted by Crippen LogP contribution is -1.81. The standard InChI is InChI=1S/C12H13NS/c1-13-9-10(5-4-8-14)11-6-2-3-7-12(11)13/h2-7,9,14H,8H2,1H3. The van der Waals surface area contributed by atoms with E-state index in [0.717, 1.165) is 5.75 Å². The molecule has 1 nitrogen and oxygen atoms in total. The summed E-state index contributed by atoms with van der Waals surface area (Å²) in [4.78, 5) is 0. The van der Waals surface area contributed by atoms with Gasteiger partial charge in [-0.05, 0) is 11.6 Å². The number of hydrogen-bond donors (Lipinski definition) is 1. The molecule has 0 aliphatic carbocycles. The van der Waals surface area contributed by atoms with Crippen LogP contribution in [0.3, 0.4) is 0 Å². The maximum absolute atomic E-state index is 4.16. The number of benzene rings is 1. The number of thiol groups is 1. The third-order valence-electron chi connectivity index (χ3n) is 2.33. The molecular weight excluding hydrogens is 190 g/mol. The Morgan fingerprint density at radius 1 is 1.36 bits per heavy atom. The summed E-state index contributed by atoms with van der Waals surface area (Å²) in [5, 5.41) is 1.30. The molecule has 0 spiro atoms. The average Bonchev–Trinajstić information content (AvgIpc) is 2.54. The maximum atomic E-state index is 4.16. The molecule has 1 aromatic heterocycles. The van der Waals surface area contributed by atoms with Crippen LogP contribution in [-0.4, -0.2) is 10.3 Å². The molecule has 2 heteroatoms. The molecule has 0 aliphatic rings. The predicted octanol–water partition coefficient (Wildman–Crippen LogP) is 3.12. The number of aryl methyl sites for hydroxylation is 1. The predicted molar refractivity (Wildman–Crippen MR) is 65.8 cm³/mol. The van der Waals surface area contributed by atoms with E-state index in [9.17, 15) is 0 Å². The minimum absolute atomic E-state index is 0.781. The smallest absolute Gasteiger partial charge is 0.0483 e. The molecule has 0 atom stereocenters. The SMILES string of the molecule is Cn1cc(C=CCS)c2ccccc21. The van der Waals surface area contributed by atoms with Gasteiger partial charge >= 0.3 is 0 Å². The van der Waals surface area contributed by atoms with Crippen molar-refractivity contribution in [3.05, 3.63) is 42.1 Å². The fraction of sp³-hybridized carbons (Fsp3) is 0.167. The van der Waals surface area contributed by atoms with Crippen molar-refractivity contribution in [2.75, 3.05) is 5.75 Å². The molecule has 0 saturated heterocycles. The van der Waals surface area contributed by atoms with Crippen LogP contribution in [-0.2, 0) is 7.05 Å². The average molecular weight is 203 g/mol. The normalized spacial score (nSPS) is 11.6. The Bertz CT molecular complexity index is 468.